The molecule has 7 heteroatoms. The molecule has 0 bridgehead atoms. The zero-order valence-corrected chi connectivity index (χ0v) is 17.2. The molecule has 0 unspecified atom stereocenters. The molecule has 0 spiro atoms. The van der Waals surface area contributed by atoms with Gasteiger partial charge in [0.2, 0.25) is 5.91 Å². The van der Waals surface area contributed by atoms with Crippen LogP contribution in [0.3, 0.4) is 0 Å². The van der Waals surface area contributed by atoms with E-state index in [1.165, 1.54) is 11.8 Å². The SMILES string of the molecule is Cn1c(SCC(=O)Nc2cccc(Oc3ccccc3)c2)nnc1-c1ccccc1. The number of thioether (sulfide) groups is 1. The molecule has 6 nitrogen and oxygen atoms in total. The molecule has 150 valence electrons. The standard InChI is InChI=1S/C23H20N4O2S/c1-27-22(17-9-4-2-5-10-17)25-26-23(27)30-16-21(28)24-18-11-8-14-20(15-18)29-19-12-6-3-7-13-19/h2-15H,16H2,1H3,(H,24,28). The third kappa shape index (κ3) is 4.87. The number of carbonyl (C=O) groups is 1. The molecule has 0 aliphatic heterocycles. The molecule has 1 heterocycles. The van der Waals surface area contributed by atoms with E-state index in [1.54, 1.807) is 6.07 Å². The van der Waals surface area contributed by atoms with Gasteiger partial charge in [-0.05, 0) is 24.3 Å². The predicted octanol–water partition coefficient (Wildman–Crippen LogP) is 5.01. The molecule has 0 fully saturated rings. The minimum Gasteiger partial charge on any atom is -0.457 e. The summed E-state index contributed by atoms with van der Waals surface area (Å²) in [7, 11) is 1.90. The highest BCUT2D eigenvalue weighted by Gasteiger charge is 2.13. The summed E-state index contributed by atoms with van der Waals surface area (Å²) in [5, 5.41) is 12.0. The molecule has 0 radical (unpaired) electrons. The summed E-state index contributed by atoms with van der Waals surface area (Å²) < 4.78 is 7.70. The number of anilines is 1. The monoisotopic (exact) mass is 416 g/mol. The Bertz CT molecular complexity index is 1130. The van der Waals surface area contributed by atoms with Gasteiger partial charge in [-0.3, -0.25) is 4.79 Å². The Balaban J connectivity index is 1.36. The van der Waals surface area contributed by atoms with E-state index in [0.717, 1.165) is 17.1 Å². The summed E-state index contributed by atoms with van der Waals surface area (Å²) in [6, 6.07) is 26.7. The van der Waals surface area contributed by atoms with Gasteiger partial charge in [-0.25, -0.2) is 0 Å². The first-order valence-electron chi connectivity index (χ1n) is 9.39. The zero-order valence-electron chi connectivity index (χ0n) is 16.4. The first kappa shape index (κ1) is 19.7. The summed E-state index contributed by atoms with van der Waals surface area (Å²) in [6.45, 7) is 0. The highest BCUT2D eigenvalue weighted by Crippen LogP contribution is 2.25. The predicted molar refractivity (Wildman–Crippen MR) is 119 cm³/mol. The Hall–Kier alpha value is -3.58. The van der Waals surface area contributed by atoms with E-state index in [4.69, 9.17) is 4.74 Å². The third-order valence-corrected chi connectivity index (χ3v) is 5.32. The minimum atomic E-state index is -0.124. The minimum absolute atomic E-state index is 0.124. The maximum absolute atomic E-state index is 12.4. The van der Waals surface area contributed by atoms with Crippen molar-refractivity contribution in [1.29, 1.82) is 0 Å². The van der Waals surface area contributed by atoms with Crippen molar-refractivity contribution in [1.82, 2.24) is 14.8 Å². The molecular weight excluding hydrogens is 396 g/mol. The lowest BCUT2D eigenvalue weighted by Crippen LogP contribution is -2.14. The van der Waals surface area contributed by atoms with Crippen LogP contribution in [-0.4, -0.2) is 26.4 Å². The second-order valence-electron chi connectivity index (χ2n) is 6.51. The molecule has 0 saturated carbocycles. The number of rotatable bonds is 7. The van der Waals surface area contributed by atoms with Crippen molar-refractivity contribution in [2.45, 2.75) is 5.16 Å². The van der Waals surface area contributed by atoms with Gasteiger partial charge in [-0.2, -0.15) is 0 Å². The Morgan fingerprint density at radius 3 is 2.40 bits per heavy atom. The van der Waals surface area contributed by atoms with E-state index in [1.807, 2.05) is 90.5 Å². The van der Waals surface area contributed by atoms with Gasteiger partial charge in [0.1, 0.15) is 11.5 Å². The highest BCUT2D eigenvalue weighted by molar-refractivity contribution is 7.99. The fourth-order valence-electron chi connectivity index (χ4n) is 2.87. The zero-order chi connectivity index (χ0) is 20.8. The summed E-state index contributed by atoms with van der Waals surface area (Å²) in [5.74, 6) is 2.27. The summed E-state index contributed by atoms with van der Waals surface area (Å²) in [5.41, 5.74) is 1.66. The van der Waals surface area contributed by atoms with Crippen molar-refractivity contribution in [3.8, 4) is 22.9 Å². The maximum Gasteiger partial charge on any atom is 0.234 e. The van der Waals surface area contributed by atoms with Crippen molar-refractivity contribution in [2.75, 3.05) is 11.1 Å². The van der Waals surface area contributed by atoms with Crippen LogP contribution >= 0.6 is 11.8 Å². The van der Waals surface area contributed by atoms with E-state index in [9.17, 15) is 4.79 Å². The number of ether oxygens (including phenoxy) is 1. The van der Waals surface area contributed by atoms with Crippen LogP contribution in [0.4, 0.5) is 5.69 Å². The molecule has 30 heavy (non-hydrogen) atoms. The molecule has 0 saturated heterocycles. The van der Waals surface area contributed by atoms with Crippen molar-refractivity contribution in [3.05, 3.63) is 84.9 Å². The topological polar surface area (TPSA) is 69.0 Å². The largest absolute Gasteiger partial charge is 0.457 e. The molecule has 4 aromatic rings. The molecular formula is C23H20N4O2S. The van der Waals surface area contributed by atoms with Crippen LogP contribution in [0, 0.1) is 0 Å². The Morgan fingerprint density at radius 2 is 1.63 bits per heavy atom. The Morgan fingerprint density at radius 1 is 0.933 bits per heavy atom. The van der Waals surface area contributed by atoms with Gasteiger partial charge < -0.3 is 14.6 Å². The molecule has 4 rings (SSSR count). The molecule has 0 aliphatic rings. The number of amides is 1. The van der Waals surface area contributed by atoms with Gasteiger partial charge in [0.15, 0.2) is 11.0 Å². The van der Waals surface area contributed by atoms with Gasteiger partial charge >= 0.3 is 0 Å². The van der Waals surface area contributed by atoms with Crippen molar-refractivity contribution in [2.24, 2.45) is 7.05 Å². The summed E-state index contributed by atoms with van der Waals surface area (Å²) >= 11 is 1.34. The first-order chi connectivity index (χ1) is 14.7. The van der Waals surface area contributed by atoms with Gasteiger partial charge in [-0.15, -0.1) is 10.2 Å². The van der Waals surface area contributed by atoms with Gasteiger partial charge in [0.05, 0.1) is 5.75 Å². The van der Waals surface area contributed by atoms with Crippen LogP contribution in [0.2, 0.25) is 0 Å². The van der Waals surface area contributed by atoms with Crippen molar-refractivity contribution in [3.63, 3.8) is 0 Å². The molecule has 1 amide bonds. The molecule has 1 aromatic heterocycles. The normalized spacial score (nSPS) is 10.6. The number of para-hydroxylation sites is 1. The van der Waals surface area contributed by atoms with Gasteiger partial charge in [0, 0.05) is 24.4 Å². The van der Waals surface area contributed by atoms with Crippen LogP contribution in [0.25, 0.3) is 11.4 Å². The third-order valence-electron chi connectivity index (χ3n) is 4.30. The van der Waals surface area contributed by atoms with E-state index in [0.29, 0.717) is 16.6 Å². The van der Waals surface area contributed by atoms with Crippen LogP contribution in [-0.2, 0) is 11.8 Å². The molecule has 3 aromatic carbocycles. The maximum atomic E-state index is 12.4. The van der Waals surface area contributed by atoms with Gasteiger partial charge in [0.25, 0.3) is 0 Å². The van der Waals surface area contributed by atoms with Crippen LogP contribution in [0.5, 0.6) is 11.5 Å². The number of hydrogen-bond acceptors (Lipinski definition) is 5. The van der Waals surface area contributed by atoms with Crippen LogP contribution in [0.1, 0.15) is 0 Å². The Labute approximate surface area is 178 Å². The second kappa shape index (κ2) is 9.28. The average molecular weight is 417 g/mol. The number of hydrogen-bond donors (Lipinski definition) is 1. The lowest BCUT2D eigenvalue weighted by molar-refractivity contribution is -0.113. The number of nitrogens with zero attached hydrogens (tertiary/aromatic N) is 3. The van der Waals surface area contributed by atoms with Crippen molar-refractivity contribution >= 4 is 23.4 Å². The van der Waals surface area contributed by atoms with Crippen LogP contribution in [0.15, 0.2) is 90.1 Å². The second-order valence-corrected chi connectivity index (χ2v) is 7.45. The van der Waals surface area contributed by atoms with Gasteiger partial charge in [-0.1, -0.05) is 66.4 Å². The van der Waals surface area contributed by atoms with E-state index >= 15 is 0 Å². The van der Waals surface area contributed by atoms with Crippen LogP contribution < -0.4 is 10.1 Å². The lowest BCUT2D eigenvalue weighted by Gasteiger charge is -2.09. The average Bonchev–Trinajstić information content (AvgIpc) is 3.14. The quantitative estimate of drug-likeness (QED) is 0.429. The van der Waals surface area contributed by atoms with E-state index in [2.05, 4.69) is 15.5 Å². The molecule has 0 atom stereocenters. The number of nitrogens with one attached hydrogen (secondary N) is 1. The van der Waals surface area contributed by atoms with Crippen molar-refractivity contribution < 1.29 is 9.53 Å². The fourth-order valence-corrected chi connectivity index (χ4v) is 3.58. The van der Waals surface area contributed by atoms with E-state index < -0.39 is 0 Å². The Kier molecular flexibility index (Phi) is 6.10. The van der Waals surface area contributed by atoms with E-state index in [-0.39, 0.29) is 11.7 Å². The highest BCUT2D eigenvalue weighted by atomic mass is 32.2. The fraction of sp³-hybridized carbons (Fsp3) is 0.0870. The number of benzene rings is 3. The molecule has 1 N–H and O–H groups in total. The summed E-state index contributed by atoms with van der Waals surface area (Å²) in [4.78, 5) is 12.4. The summed E-state index contributed by atoms with van der Waals surface area (Å²) in [6.07, 6.45) is 0. The smallest absolute Gasteiger partial charge is 0.234 e. The number of carbonyl (C=O) groups excluding carboxylic acids is 1. The molecule has 0 aliphatic carbocycles. The lowest BCUT2D eigenvalue weighted by atomic mass is 10.2. The first-order valence-corrected chi connectivity index (χ1v) is 10.4. The number of aromatic nitrogens is 3.